The van der Waals surface area contributed by atoms with Crippen molar-refractivity contribution in [2.75, 3.05) is 5.32 Å². The van der Waals surface area contributed by atoms with Gasteiger partial charge < -0.3 is 10.1 Å². The van der Waals surface area contributed by atoms with Gasteiger partial charge in [-0.2, -0.15) is 0 Å². The Hall–Kier alpha value is -3.48. The highest BCUT2D eigenvalue weighted by Crippen LogP contribution is 2.19. The van der Waals surface area contributed by atoms with Crippen molar-refractivity contribution >= 4 is 28.5 Å². The van der Waals surface area contributed by atoms with E-state index in [0.717, 1.165) is 11.1 Å². The van der Waals surface area contributed by atoms with Crippen LogP contribution in [-0.2, 0) is 20.9 Å². The topological polar surface area (TPSA) is 90.3 Å². The molecule has 0 spiro atoms. The van der Waals surface area contributed by atoms with E-state index in [1.807, 2.05) is 32.0 Å². The zero-order valence-electron chi connectivity index (χ0n) is 15.9. The molecule has 1 heterocycles. The van der Waals surface area contributed by atoms with Gasteiger partial charge in [-0.05, 0) is 44.0 Å². The van der Waals surface area contributed by atoms with E-state index < -0.39 is 18.0 Å². The minimum atomic E-state index is -1.00. The average molecular weight is 379 g/mol. The Morgan fingerprint density at radius 2 is 1.79 bits per heavy atom. The molecule has 0 aliphatic rings. The highest BCUT2D eigenvalue weighted by atomic mass is 16.5. The molecule has 0 aliphatic carbocycles. The number of carbonyl (C=O) groups is 2. The zero-order valence-corrected chi connectivity index (χ0v) is 15.9. The summed E-state index contributed by atoms with van der Waals surface area (Å²) in [6.07, 6.45) is 0.295. The maximum Gasteiger partial charge on any atom is 0.326 e. The average Bonchev–Trinajstić information content (AvgIpc) is 2.67. The van der Waals surface area contributed by atoms with Crippen LogP contribution in [0, 0.1) is 13.8 Å². The second-order valence-electron chi connectivity index (χ2n) is 6.58. The number of hydrogen-bond donors (Lipinski definition) is 1. The summed E-state index contributed by atoms with van der Waals surface area (Å²) in [6, 6.07) is 12.6. The van der Waals surface area contributed by atoms with Crippen molar-refractivity contribution in [1.29, 1.82) is 0 Å². The maximum atomic E-state index is 12.4. The molecule has 3 aromatic rings. The molecule has 0 unspecified atom stereocenters. The number of benzene rings is 2. The van der Waals surface area contributed by atoms with Gasteiger partial charge in [-0.3, -0.25) is 19.0 Å². The fourth-order valence-corrected chi connectivity index (χ4v) is 2.88. The summed E-state index contributed by atoms with van der Waals surface area (Å²) in [5.74, 6) is -1.13. The number of fused-ring (bicyclic) bond motifs is 1. The molecule has 28 heavy (non-hydrogen) atoms. The predicted molar refractivity (Wildman–Crippen MR) is 106 cm³/mol. The molecule has 0 radical (unpaired) electrons. The third-order valence-corrected chi connectivity index (χ3v) is 4.44. The first kappa shape index (κ1) is 19.3. The zero-order chi connectivity index (χ0) is 20.3. The number of hydrogen-bond acceptors (Lipinski definition) is 5. The van der Waals surface area contributed by atoms with Crippen molar-refractivity contribution in [3.05, 3.63) is 70.3 Å². The van der Waals surface area contributed by atoms with Crippen LogP contribution in [0.1, 0.15) is 18.1 Å². The molecular weight excluding hydrogens is 358 g/mol. The number of carbonyl (C=O) groups excluding carboxylic acids is 2. The second kappa shape index (κ2) is 8.04. The first-order chi connectivity index (χ1) is 13.4. The van der Waals surface area contributed by atoms with Gasteiger partial charge >= 0.3 is 5.97 Å². The van der Waals surface area contributed by atoms with Gasteiger partial charge in [0.05, 0.1) is 17.2 Å². The normalized spacial score (nSPS) is 11.8. The van der Waals surface area contributed by atoms with E-state index in [1.54, 1.807) is 24.3 Å². The fourth-order valence-electron chi connectivity index (χ4n) is 2.88. The number of aromatic nitrogens is 2. The summed E-state index contributed by atoms with van der Waals surface area (Å²) in [5.41, 5.74) is 2.75. The molecule has 1 N–H and O–H groups in total. The second-order valence-corrected chi connectivity index (χ2v) is 6.58. The summed E-state index contributed by atoms with van der Waals surface area (Å²) in [4.78, 5) is 41.2. The van der Waals surface area contributed by atoms with E-state index in [-0.39, 0.29) is 12.1 Å². The van der Waals surface area contributed by atoms with Crippen LogP contribution in [0.25, 0.3) is 10.9 Å². The van der Waals surface area contributed by atoms with E-state index in [0.29, 0.717) is 16.6 Å². The van der Waals surface area contributed by atoms with Gasteiger partial charge in [-0.25, -0.2) is 4.98 Å². The van der Waals surface area contributed by atoms with Crippen LogP contribution in [0.2, 0.25) is 0 Å². The van der Waals surface area contributed by atoms with Crippen LogP contribution in [0.15, 0.2) is 53.6 Å². The minimum absolute atomic E-state index is 0.322. The van der Waals surface area contributed by atoms with Gasteiger partial charge in [0.15, 0.2) is 6.10 Å². The number of amides is 1. The third-order valence-electron chi connectivity index (χ3n) is 4.44. The summed E-state index contributed by atoms with van der Waals surface area (Å²) in [7, 11) is 0. The molecule has 0 bridgehead atoms. The van der Waals surface area contributed by atoms with Crippen LogP contribution >= 0.6 is 0 Å². The summed E-state index contributed by atoms with van der Waals surface area (Å²) >= 11 is 0. The lowest BCUT2D eigenvalue weighted by Gasteiger charge is -2.16. The van der Waals surface area contributed by atoms with Crippen molar-refractivity contribution in [1.82, 2.24) is 9.55 Å². The molecule has 1 atom stereocenters. The summed E-state index contributed by atoms with van der Waals surface area (Å²) < 4.78 is 6.36. The standard InChI is InChI=1S/C21H21N3O4/c1-13-7-6-8-14(2)19(13)23-20(26)15(3)28-18(25)11-24-12-22-17-10-5-4-9-16(17)21(24)27/h4-10,12,15H,11H2,1-3H3,(H,23,26)/t15-/m0/s1. The molecule has 0 saturated carbocycles. The van der Waals surface area contributed by atoms with E-state index in [1.165, 1.54) is 17.8 Å². The van der Waals surface area contributed by atoms with Crippen molar-refractivity contribution in [2.45, 2.75) is 33.4 Å². The highest BCUT2D eigenvalue weighted by Gasteiger charge is 2.20. The van der Waals surface area contributed by atoms with Crippen LogP contribution in [-0.4, -0.2) is 27.5 Å². The van der Waals surface area contributed by atoms with Gasteiger partial charge in [0.25, 0.3) is 11.5 Å². The predicted octanol–water partition coefficient (Wildman–Crippen LogP) is 2.58. The molecule has 1 aromatic heterocycles. The molecular formula is C21H21N3O4. The van der Waals surface area contributed by atoms with Crippen molar-refractivity contribution < 1.29 is 14.3 Å². The van der Waals surface area contributed by atoms with E-state index in [9.17, 15) is 14.4 Å². The van der Waals surface area contributed by atoms with Crippen molar-refractivity contribution in [3.8, 4) is 0 Å². The number of nitrogens with one attached hydrogen (secondary N) is 1. The van der Waals surface area contributed by atoms with Gasteiger partial charge in [0, 0.05) is 5.69 Å². The highest BCUT2D eigenvalue weighted by molar-refractivity contribution is 5.96. The molecule has 7 nitrogen and oxygen atoms in total. The Labute approximate surface area is 162 Å². The van der Waals surface area contributed by atoms with Crippen LogP contribution in [0.3, 0.4) is 0 Å². The van der Waals surface area contributed by atoms with Crippen LogP contribution in [0.4, 0.5) is 5.69 Å². The maximum absolute atomic E-state index is 12.4. The van der Waals surface area contributed by atoms with Crippen LogP contribution in [0.5, 0.6) is 0 Å². The lowest BCUT2D eigenvalue weighted by Crippen LogP contribution is -2.33. The SMILES string of the molecule is Cc1cccc(C)c1NC(=O)[C@H](C)OC(=O)Cn1cnc2ccccc2c1=O. The lowest BCUT2D eigenvalue weighted by molar-refractivity contribution is -0.153. The van der Waals surface area contributed by atoms with E-state index in [2.05, 4.69) is 10.3 Å². The number of nitrogens with zero attached hydrogens (tertiary/aromatic N) is 2. The largest absolute Gasteiger partial charge is 0.451 e. The number of ether oxygens (including phenoxy) is 1. The molecule has 144 valence electrons. The Bertz CT molecular complexity index is 1080. The van der Waals surface area contributed by atoms with E-state index >= 15 is 0 Å². The number of rotatable bonds is 5. The Morgan fingerprint density at radius 3 is 2.50 bits per heavy atom. The Kier molecular flexibility index (Phi) is 5.54. The number of anilines is 1. The van der Waals surface area contributed by atoms with E-state index in [4.69, 9.17) is 4.74 Å². The first-order valence-corrected chi connectivity index (χ1v) is 8.87. The van der Waals surface area contributed by atoms with Crippen LogP contribution < -0.4 is 10.9 Å². The number of esters is 1. The number of aryl methyl sites for hydroxylation is 2. The summed E-state index contributed by atoms with van der Waals surface area (Å²) in [5, 5.41) is 3.20. The van der Waals surface area contributed by atoms with Crippen molar-refractivity contribution in [2.24, 2.45) is 0 Å². The first-order valence-electron chi connectivity index (χ1n) is 8.87. The quantitative estimate of drug-likeness (QED) is 0.688. The molecule has 0 saturated heterocycles. The van der Waals surface area contributed by atoms with Gasteiger partial charge in [-0.15, -0.1) is 0 Å². The third kappa shape index (κ3) is 4.09. The Morgan fingerprint density at radius 1 is 1.11 bits per heavy atom. The Balaban J connectivity index is 1.67. The lowest BCUT2D eigenvalue weighted by atomic mass is 10.1. The smallest absolute Gasteiger partial charge is 0.326 e. The number of para-hydroxylation sites is 2. The molecule has 0 aliphatic heterocycles. The van der Waals surface area contributed by atoms with Gasteiger partial charge in [0.2, 0.25) is 0 Å². The molecule has 0 fully saturated rings. The molecule has 7 heteroatoms. The molecule has 2 aromatic carbocycles. The minimum Gasteiger partial charge on any atom is -0.451 e. The molecule has 3 rings (SSSR count). The van der Waals surface area contributed by atoms with Crippen molar-refractivity contribution in [3.63, 3.8) is 0 Å². The molecule has 1 amide bonds. The fraction of sp³-hybridized carbons (Fsp3) is 0.238. The van der Waals surface area contributed by atoms with Gasteiger partial charge in [0.1, 0.15) is 6.54 Å². The van der Waals surface area contributed by atoms with Gasteiger partial charge in [-0.1, -0.05) is 30.3 Å². The monoisotopic (exact) mass is 379 g/mol. The summed E-state index contributed by atoms with van der Waals surface area (Å²) in [6.45, 7) is 4.94.